The van der Waals surface area contributed by atoms with Crippen LogP contribution in [-0.4, -0.2) is 16.8 Å². The van der Waals surface area contributed by atoms with Gasteiger partial charge in [-0.3, -0.25) is 0 Å². The van der Waals surface area contributed by atoms with Gasteiger partial charge in [0.1, 0.15) is 0 Å². The highest BCUT2D eigenvalue weighted by molar-refractivity contribution is 6.00. The highest BCUT2D eigenvalue weighted by atomic mass is 16.5. The maximum absolute atomic E-state index is 7.49. The van der Waals surface area contributed by atoms with Gasteiger partial charge in [-0.25, -0.2) is 4.98 Å². The van der Waals surface area contributed by atoms with Crippen molar-refractivity contribution in [2.75, 3.05) is 5.73 Å². The Kier molecular flexibility index (Phi) is 3.06. The van der Waals surface area contributed by atoms with Gasteiger partial charge >= 0.3 is 0 Å². The molecule has 0 aliphatic carbocycles. The molecule has 0 spiro atoms. The van der Waals surface area contributed by atoms with Crippen LogP contribution in [0.2, 0.25) is 0 Å². The van der Waals surface area contributed by atoms with Crippen molar-refractivity contribution in [2.24, 2.45) is 0 Å². The lowest BCUT2D eigenvalue weighted by Gasteiger charge is -2.10. The van der Waals surface area contributed by atoms with E-state index in [1.807, 2.05) is 13.8 Å². The number of rotatable bonds is 3. The Morgan fingerprint density at radius 3 is 2.71 bits per heavy atom. The predicted molar refractivity (Wildman–Crippen MR) is 56.9 cm³/mol. The maximum Gasteiger partial charge on any atom is 0.214 e. The molecule has 0 aromatic carbocycles. The number of hydrogen-bond acceptors (Lipinski definition) is 4. The van der Waals surface area contributed by atoms with Crippen molar-refractivity contribution in [3.8, 4) is 5.88 Å². The van der Waals surface area contributed by atoms with Gasteiger partial charge in [0.15, 0.2) is 0 Å². The molecule has 0 bridgehead atoms. The van der Waals surface area contributed by atoms with Crippen molar-refractivity contribution >= 4 is 11.4 Å². The quantitative estimate of drug-likeness (QED) is 0.719. The molecule has 0 amide bonds. The van der Waals surface area contributed by atoms with Crippen LogP contribution in [0.5, 0.6) is 5.88 Å². The normalized spacial score (nSPS) is 10.3. The third-order valence-electron chi connectivity index (χ3n) is 1.67. The SMILES string of the molecule is CC(=N)c1cc(OC(C)C)ncc1N. The van der Waals surface area contributed by atoms with E-state index in [9.17, 15) is 0 Å². The van der Waals surface area contributed by atoms with Crippen molar-refractivity contribution < 1.29 is 4.74 Å². The second-order valence-corrected chi connectivity index (χ2v) is 3.40. The average Bonchev–Trinajstić information content (AvgIpc) is 2.07. The van der Waals surface area contributed by atoms with E-state index in [1.165, 1.54) is 6.20 Å². The first kappa shape index (κ1) is 10.5. The summed E-state index contributed by atoms with van der Waals surface area (Å²) in [6.45, 7) is 5.54. The predicted octanol–water partition coefficient (Wildman–Crippen LogP) is 1.84. The fraction of sp³-hybridized carbons (Fsp3) is 0.400. The van der Waals surface area contributed by atoms with Gasteiger partial charge in [0.05, 0.1) is 18.0 Å². The van der Waals surface area contributed by atoms with Gasteiger partial charge in [-0.05, 0) is 20.8 Å². The summed E-state index contributed by atoms with van der Waals surface area (Å²) < 4.78 is 5.40. The summed E-state index contributed by atoms with van der Waals surface area (Å²) in [6.07, 6.45) is 1.59. The molecule has 3 N–H and O–H groups in total. The lowest BCUT2D eigenvalue weighted by molar-refractivity contribution is 0.232. The highest BCUT2D eigenvalue weighted by Gasteiger charge is 2.06. The van der Waals surface area contributed by atoms with E-state index in [4.69, 9.17) is 15.9 Å². The Morgan fingerprint density at radius 1 is 1.57 bits per heavy atom. The summed E-state index contributed by atoms with van der Waals surface area (Å²) in [4.78, 5) is 4.02. The van der Waals surface area contributed by atoms with Crippen LogP contribution in [0.4, 0.5) is 5.69 Å². The molecule has 14 heavy (non-hydrogen) atoms. The maximum atomic E-state index is 7.49. The lowest BCUT2D eigenvalue weighted by atomic mass is 10.1. The van der Waals surface area contributed by atoms with Crippen LogP contribution in [0.1, 0.15) is 26.3 Å². The number of hydrogen-bond donors (Lipinski definition) is 2. The van der Waals surface area contributed by atoms with Crippen LogP contribution < -0.4 is 10.5 Å². The summed E-state index contributed by atoms with van der Waals surface area (Å²) in [5.74, 6) is 0.510. The second kappa shape index (κ2) is 4.09. The van der Waals surface area contributed by atoms with Crippen LogP contribution in [0.25, 0.3) is 0 Å². The molecule has 1 rings (SSSR count). The molecule has 4 nitrogen and oxygen atoms in total. The van der Waals surface area contributed by atoms with Crippen LogP contribution in [0.15, 0.2) is 12.3 Å². The van der Waals surface area contributed by atoms with E-state index in [-0.39, 0.29) is 6.10 Å². The molecule has 1 aromatic heterocycles. The fourth-order valence-electron chi connectivity index (χ4n) is 1.08. The number of pyridine rings is 1. The van der Waals surface area contributed by atoms with E-state index in [1.54, 1.807) is 13.0 Å². The van der Waals surface area contributed by atoms with Crippen LogP contribution >= 0.6 is 0 Å². The van der Waals surface area contributed by atoms with Crippen LogP contribution in [-0.2, 0) is 0 Å². The standard InChI is InChI=1S/C10H15N3O/c1-6(2)14-10-4-8(7(3)11)9(12)5-13-10/h4-6,11H,12H2,1-3H3. The number of nitrogens with one attached hydrogen (secondary N) is 1. The number of nitrogens with two attached hydrogens (primary N) is 1. The van der Waals surface area contributed by atoms with Gasteiger partial charge < -0.3 is 15.9 Å². The minimum Gasteiger partial charge on any atom is -0.475 e. The molecular weight excluding hydrogens is 178 g/mol. The topological polar surface area (TPSA) is 72.0 Å². The van der Waals surface area contributed by atoms with E-state index >= 15 is 0 Å². The van der Waals surface area contributed by atoms with Gasteiger partial charge in [0.2, 0.25) is 5.88 Å². The molecule has 0 atom stereocenters. The van der Waals surface area contributed by atoms with E-state index in [2.05, 4.69) is 4.98 Å². The smallest absolute Gasteiger partial charge is 0.214 e. The first-order chi connectivity index (χ1) is 6.50. The summed E-state index contributed by atoms with van der Waals surface area (Å²) in [6, 6.07) is 1.69. The average molecular weight is 193 g/mol. The van der Waals surface area contributed by atoms with E-state index in [0.29, 0.717) is 22.8 Å². The van der Waals surface area contributed by atoms with Gasteiger partial charge in [-0.1, -0.05) is 0 Å². The fourth-order valence-corrected chi connectivity index (χ4v) is 1.08. The monoisotopic (exact) mass is 193 g/mol. The molecule has 0 aliphatic rings. The van der Waals surface area contributed by atoms with Crippen LogP contribution in [0.3, 0.4) is 0 Å². The van der Waals surface area contributed by atoms with Gasteiger partial charge in [0, 0.05) is 17.3 Å². The van der Waals surface area contributed by atoms with Crippen molar-refractivity contribution in [3.63, 3.8) is 0 Å². The van der Waals surface area contributed by atoms with Crippen molar-refractivity contribution in [1.29, 1.82) is 5.41 Å². The Balaban J connectivity index is 3.00. The Labute approximate surface area is 83.6 Å². The zero-order valence-electron chi connectivity index (χ0n) is 8.66. The van der Waals surface area contributed by atoms with Crippen molar-refractivity contribution in [1.82, 2.24) is 4.98 Å². The molecule has 1 heterocycles. The van der Waals surface area contributed by atoms with E-state index < -0.39 is 0 Å². The largest absolute Gasteiger partial charge is 0.475 e. The summed E-state index contributed by atoms with van der Waals surface area (Å²) in [7, 11) is 0. The molecule has 0 aliphatic heterocycles. The molecule has 4 heteroatoms. The summed E-state index contributed by atoms with van der Waals surface area (Å²) >= 11 is 0. The molecule has 0 unspecified atom stereocenters. The van der Waals surface area contributed by atoms with Crippen molar-refractivity contribution in [2.45, 2.75) is 26.9 Å². The number of nitrogen functional groups attached to an aromatic ring is 1. The molecule has 76 valence electrons. The number of aromatic nitrogens is 1. The minimum atomic E-state index is 0.0741. The minimum absolute atomic E-state index is 0.0741. The zero-order valence-corrected chi connectivity index (χ0v) is 8.66. The van der Waals surface area contributed by atoms with Gasteiger partial charge in [-0.2, -0.15) is 0 Å². The van der Waals surface area contributed by atoms with E-state index in [0.717, 1.165) is 0 Å². The Hall–Kier alpha value is -1.58. The zero-order chi connectivity index (χ0) is 10.7. The molecular formula is C10H15N3O. The molecule has 0 fully saturated rings. The van der Waals surface area contributed by atoms with Gasteiger partial charge in [0.25, 0.3) is 0 Å². The molecule has 1 aromatic rings. The third kappa shape index (κ3) is 2.45. The number of ether oxygens (including phenoxy) is 1. The van der Waals surface area contributed by atoms with Crippen molar-refractivity contribution in [3.05, 3.63) is 17.8 Å². The first-order valence-electron chi connectivity index (χ1n) is 4.48. The Morgan fingerprint density at radius 2 is 2.21 bits per heavy atom. The summed E-state index contributed by atoms with van der Waals surface area (Å²) in [5.41, 5.74) is 7.26. The second-order valence-electron chi connectivity index (χ2n) is 3.40. The summed E-state index contributed by atoms with van der Waals surface area (Å²) in [5, 5.41) is 7.49. The Bertz CT molecular complexity index is 347. The molecule has 0 saturated carbocycles. The third-order valence-corrected chi connectivity index (χ3v) is 1.67. The highest BCUT2D eigenvalue weighted by Crippen LogP contribution is 2.17. The lowest BCUT2D eigenvalue weighted by Crippen LogP contribution is -2.09. The van der Waals surface area contributed by atoms with Gasteiger partial charge in [-0.15, -0.1) is 0 Å². The number of anilines is 1. The first-order valence-corrected chi connectivity index (χ1v) is 4.48. The van der Waals surface area contributed by atoms with Crippen LogP contribution in [0, 0.1) is 5.41 Å². The molecule has 0 radical (unpaired) electrons. The number of nitrogens with zero attached hydrogens (tertiary/aromatic N) is 1. The molecule has 0 saturated heterocycles.